The zero-order valence-electron chi connectivity index (χ0n) is 20.4. The largest absolute Gasteiger partial charge is 0.393 e. The lowest BCUT2D eigenvalue weighted by molar-refractivity contribution is 0.0538. The van der Waals surface area contributed by atoms with Gasteiger partial charge in [0.25, 0.3) is 5.91 Å². The number of carbonyl (C=O) groups excluding carboxylic acids is 1. The number of hydrogen-bond acceptors (Lipinski definition) is 5. The number of carbonyl (C=O) groups is 1. The van der Waals surface area contributed by atoms with Crippen molar-refractivity contribution in [2.45, 2.75) is 51.4 Å². The summed E-state index contributed by atoms with van der Waals surface area (Å²) in [5.41, 5.74) is 6.07. The van der Waals surface area contributed by atoms with Gasteiger partial charge >= 0.3 is 0 Å². The predicted molar refractivity (Wildman–Crippen MR) is 137 cm³/mol. The van der Waals surface area contributed by atoms with Crippen LogP contribution in [0.5, 0.6) is 0 Å². The topological polar surface area (TPSA) is 90.3 Å². The molecular weight excluding hydrogens is 452 g/mol. The van der Waals surface area contributed by atoms with Gasteiger partial charge in [-0.2, -0.15) is 5.10 Å². The number of likely N-dealkylation sites (tertiary alicyclic amines) is 1. The van der Waals surface area contributed by atoms with Gasteiger partial charge in [0.15, 0.2) is 5.69 Å². The van der Waals surface area contributed by atoms with Crippen LogP contribution in [0.3, 0.4) is 0 Å². The molecule has 8 nitrogen and oxygen atoms in total. The number of piperidine rings is 1. The molecule has 186 valence electrons. The number of aliphatic hydroxyl groups excluding tert-OH is 1. The number of rotatable bonds is 6. The summed E-state index contributed by atoms with van der Waals surface area (Å²) in [6.45, 7) is 4.18. The average molecular weight is 485 g/mol. The van der Waals surface area contributed by atoms with Crippen molar-refractivity contribution in [2.75, 3.05) is 19.6 Å². The second kappa shape index (κ2) is 9.87. The Labute approximate surface area is 210 Å². The minimum atomic E-state index is -0.314. The lowest BCUT2D eigenvalue weighted by Gasteiger charge is -2.30. The van der Waals surface area contributed by atoms with E-state index in [-0.39, 0.29) is 12.0 Å². The molecule has 0 unspecified atom stereocenters. The molecule has 1 saturated heterocycles. The number of aromatic amines is 1. The zero-order valence-corrected chi connectivity index (χ0v) is 20.4. The van der Waals surface area contributed by atoms with E-state index in [9.17, 15) is 9.90 Å². The fourth-order valence-corrected chi connectivity index (χ4v) is 5.43. The van der Waals surface area contributed by atoms with E-state index in [1.54, 1.807) is 0 Å². The molecule has 2 aromatic heterocycles. The smallest absolute Gasteiger partial charge is 0.274 e. The van der Waals surface area contributed by atoms with E-state index >= 15 is 0 Å². The molecule has 1 fully saturated rings. The first kappa shape index (κ1) is 22.9. The summed E-state index contributed by atoms with van der Waals surface area (Å²) < 4.78 is 2.06. The molecule has 4 aromatic rings. The second-order valence-electron chi connectivity index (χ2n) is 9.92. The highest BCUT2D eigenvalue weighted by Crippen LogP contribution is 2.26. The molecule has 36 heavy (non-hydrogen) atoms. The predicted octanol–water partition coefficient (Wildman–Crippen LogP) is 3.16. The summed E-state index contributed by atoms with van der Waals surface area (Å²) in [4.78, 5) is 26.0. The SMILES string of the molecule is O=C(c1nn(CCc2ccccc2)c2c1CN(Cc1nc3ccccc3[nH]1)CC2)N1CCC(O)CC1. The summed E-state index contributed by atoms with van der Waals surface area (Å²) in [5.74, 6) is 0.927. The van der Waals surface area contributed by atoms with Gasteiger partial charge < -0.3 is 15.0 Å². The van der Waals surface area contributed by atoms with Crippen molar-refractivity contribution >= 4 is 16.9 Å². The number of nitrogens with one attached hydrogen (secondary N) is 1. The van der Waals surface area contributed by atoms with E-state index in [2.05, 4.69) is 38.8 Å². The van der Waals surface area contributed by atoms with Crippen LogP contribution >= 0.6 is 0 Å². The molecule has 0 saturated carbocycles. The van der Waals surface area contributed by atoms with Crippen LogP contribution in [0.15, 0.2) is 54.6 Å². The summed E-state index contributed by atoms with van der Waals surface area (Å²) in [6, 6.07) is 18.5. The molecule has 0 aliphatic carbocycles. The van der Waals surface area contributed by atoms with Gasteiger partial charge in [0.05, 0.1) is 23.7 Å². The molecule has 8 heteroatoms. The van der Waals surface area contributed by atoms with Gasteiger partial charge in [-0.15, -0.1) is 0 Å². The fraction of sp³-hybridized carbons (Fsp3) is 0.393. The second-order valence-corrected chi connectivity index (χ2v) is 9.92. The third-order valence-corrected chi connectivity index (χ3v) is 7.43. The maximum Gasteiger partial charge on any atom is 0.274 e. The molecule has 2 N–H and O–H groups in total. The standard InChI is InChI=1S/C28H32N6O2/c35-21-11-15-33(16-12-21)28(36)27-22-18-32(19-26-29-23-8-4-5-9-24(23)30-26)14-13-25(22)34(31-27)17-10-20-6-2-1-3-7-20/h1-9,21,35H,10-19H2,(H,29,30). The quantitative estimate of drug-likeness (QED) is 0.439. The maximum absolute atomic E-state index is 13.6. The Morgan fingerprint density at radius 1 is 1.03 bits per heavy atom. The van der Waals surface area contributed by atoms with E-state index in [4.69, 9.17) is 10.1 Å². The van der Waals surface area contributed by atoms with E-state index < -0.39 is 0 Å². The minimum absolute atomic E-state index is 0.0119. The van der Waals surface area contributed by atoms with E-state index in [1.807, 2.05) is 35.2 Å². The van der Waals surface area contributed by atoms with Crippen molar-refractivity contribution in [3.8, 4) is 0 Å². The third-order valence-electron chi connectivity index (χ3n) is 7.43. The molecule has 0 radical (unpaired) electrons. The summed E-state index contributed by atoms with van der Waals surface area (Å²) in [7, 11) is 0. The maximum atomic E-state index is 13.6. The van der Waals surface area contributed by atoms with Crippen molar-refractivity contribution < 1.29 is 9.90 Å². The molecular formula is C28H32N6O2. The molecule has 6 rings (SSSR count). The van der Waals surface area contributed by atoms with E-state index in [0.29, 0.717) is 44.7 Å². The first-order chi connectivity index (χ1) is 17.6. The molecule has 4 heterocycles. The highest BCUT2D eigenvalue weighted by Gasteiger charge is 2.32. The Hall–Kier alpha value is -3.49. The Balaban J connectivity index is 1.25. The van der Waals surface area contributed by atoms with Crippen LogP contribution in [0.4, 0.5) is 0 Å². The van der Waals surface area contributed by atoms with Crippen LogP contribution in [0, 0.1) is 0 Å². The van der Waals surface area contributed by atoms with Gasteiger partial charge in [-0.05, 0) is 37.0 Å². The molecule has 0 spiro atoms. The number of aryl methyl sites for hydroxylation is 2. The number of para-hydroxylation sites is 2. The number of fused-ring (bicyclic) bond motifs is 2. The number of nitrogens with zero attached hydrogens (tertiary/aromatic N) is 5. The number of H-pyrrole nitrogens is 1. The van der Waals surface area contributed by atoms with E-state index in [0.717, 1.165) is 48.4 Å². The number of aliphatic hydroxyl groups is 1. The fourth-order valence-electron chi connectivity index (χ4n) is 5.43. The van der Waals surface area contributed by atoms with Crippen LogP contribution < -0.4 is 0 Å². The first-order valence-corrected chi connectivity index (χ1v) is 12.9. The Kier molecular flexibility index (Phi) is 6.29. The highest BCUT2D eigenvalue weighted by molar-refractivity contribution is 5.94. The van der Waals surface area contributed by atoms with Gasteiger partial charge in [-0.1, -0.05) is 42.5 Å². The Morgan fingerprint density at radius 2 is 1.81 bits per heavy atom. The summed E-state index contributed by atoms with van der Waals surface area (Å²) >= 11 is 0. The average Bonchev–Trinajstić information content (AvgIpc) is 3.48. The molecule has 2 aromatic carbocycles. The normalized spacial score (nSPS) is 17.0. The Bertz CT molecular complexity index is 1320. The van der Waals surface area contributed by atoms with Gasteiger partial charge in [0, 0.05) is 50.4 Å². The van der Waals surface area contributed by atoms with E-state index in [1.165, 1.54) is 11.3 Å². The van der Waals surface area contributed by atoms with Gasteiger partial charge in [0.1, 0.15) is 5.82 Å². The molecule has 1 amide bonds. The molecule has 0 atom stereocenters. The van der Waals surface area contributed by atoms with Gasteiger partial charge in [-0.25, -0.2) is 4.98 Å². The summed E-state index contributed by atoms with van der Waals surface area (Å²) in [5, 5.41) is 14.8. The lowest BCUT2D eigenvalue weighted by atomic mass is 10.0. The van der Waals surface area contributed by atoms with Crippen LogP contribution in [-0.2, 0) is 32.5 Å². The van der Waals surface area contributed by atoms with Crippen molar-refractivity contribution in [1.29, 1.82) is 0 Å². The number of amides is 1. The monoisotopic (exact) mass is 484 g/mol. The Morgan fingerprint density at radius 3 is 2.61 bits per heavy atom. The molecule has 2 aliphatic heterocycles. The van der Waals surface area contributed by atoms with Crippen molar-refractivity contribution in [3.05, 3.63) is 82.9 Å². The third kappa shape index (κ3) is 4.66. The summed E-state index contributed by atoms with van der Waals surface area (Å²) in [6.07, 6.45) is 2.66. The number of hydrogen-bond donors (Lipinski definition) is 2. The number of benzene rings is 2. The number of imidazole rings is 1. The highest BCUT2D eigenvalue weighted by atomic mass is 16.3. The number of aromatic nitrogens is 4. The van der Waals surface area contributed by atoms with Crippen LogP contribution in [0.1, 0.15) is 46.0 Å². The van der Waals surface area contributed by atoms with Gasteiger partial charge in [-0.3, -0.25) is 14.4 Å². The lowest BCUT2D eigenvalue weighted by Crippen LogP contribution is -2.41. The van der Waals surface area contributed by atoms with Crippen molar-refractivity contribution in [2.24, 2.45) is 0 Å². The minimum Gasteiger partial charge on any atom is -0.393 e. The first-order valence-electron chi connectivity index (χ1n) is 12.9. The molecule has 0 bridgehead atoms. The van der Waals surface area contributed by atoms with Crippen LogP contribution in [0.25, 0.3) is 11.0 Å². The van der Waals surface area contributed by atoms with Gasteiger partial charge in [0.2, 0.25) is 0 Å². The zero-order chi connectivity index (χ0) is 24.5. The molecule has 2 aliphatic rings. The van der Waals surface area contributed by atoms with Crippen LogP contribution in [-0.4, -0.2) is 66.3 Å². The van der Waals surface area contributed by atoms with Crippen LogP contribution in [0.2, 0.25) is 0 Å². The van der Waals surface area contributed by atoms with Crippen molar-refractivity contribution in [3.63, 3.8) is 0 Å². The van der Waals surface area contributed by atoms with Crippen molar-refractivity contribution in [1.82, 2.24) is 29.5 Å².